The first kappa shape index (κ1) is 27.0. The minimum Gasteiger partial charge on any atom is -0.354 e. The Balaban J connectivity index is 1.12. The summed E-state index contributed by atoms with van der Waals surface area (Å²) in [6.45, 7) is 1.78. The van der Waals surface area contributed by atoms with Crippen LogP contribution in [0.5, 0.6) is 0 Å². The van der Waals surface area contributed by atoms with E-state index in [1.54, 1.807) is 23.3 Å². The molecule has 3 amide bonds. The van der Waals surface area contributed by atoms with Crippen molar-refractivity contribution >= 4 is 28.5 Å². The van der Waals surface area contributed by atoms with Crippen LogP contribution in [0.25, 0.3) is 22.0 Å². The average molecular weight is 540 g/mol. The van der Waals surface area contributed by atoms with Gasteiger partial charge >= 0.3 is 0 Å². The summed E-state index contributed by atoms with van der Waals surface area (Å²) in [6, 6.07) is 19.5. The quantitative estimate of drug-likeness (QED) is 0.228. The maximum atomic E-state index is 13.3. The van der Waals surface area contributed by atoms with Crippen LogP contribution in [-0.4, -0.2) is 64.2 Å². The Hall–Kier alpha value is -4.57. The Morgan fingerprint density at radius 2 is 1.70 bits per heavy atom. The Bertz CT molecular complexity index is 1470. The third-order valence-electron chi connectivity index (χ3n) is 7.14. The number of fused-ring (bicyclic) bond motifs is 1. The lowest BCUT2D eigenvalue weighted by Gasteiger charge is -2.37. The molecule has 3 heterocycles. The molecule has 0 atom stereocenters. The molecule has 1 saturated heterocycles. The van der Waals surface area contributed by atoms with E-state index >= 15 is 0 Å². The van der Waals surface area contributed by atoms with E-state index in [-0.39, 0.29) is 37.2 Å². The van der Waals surface area contributed by atoms with E-state index in [1.807, 2.05) is 60.7 Å². The normalized spacial score (nSPS) is 14.4. The number of rotatable bonds is 10. The number of nitrogens with one attached hydrogen (secondary N) is 4. The Labute approximate surface area is 232 Å². The topological polar surface area (TPSA) is 130 Å². The number of benzene rings is 2. The summed E-state index contributed by atoms with van der Waals surface area (Å²) in [5.41, 5.74) is 1.52. The molecule has 1 aliphatic heterocycles. The van der Waals surface area contributed by atoms with Crippen LogP contribution in [0.3, 0.4) is 0 Å². The first-order valence-corrected chi connectivity index (χ1v) is 13.5. The highest BCUT2D eigenvalue weighted by Gasteiger charge is 2.40. The fourth-order valence-corrected chi connectivity index (χ4v) is 5.06. The van der Waals surface area contributed by atoms with Crippen LogP contribution >= 0.6 is 0 Å². The Morgan fingerprint density at radius 1 is 0.900 bits per heavy atom. The summed E-state index contributed by atoms with van der Waals surface area (Å²) in [5.74, 6) is -0.649. The van der Waals surface area contributed by atoms with Gasteiger partial charge in [-0.05, 0) is 60.5 Å². The zero-order valence-corrected chi connectivity index (χ0v) is 22.2. The highest BCUT2D eigenvalue weighted by Crippen LogP contribution is 2.20. The van der Waals surface area contributed by atoms with Crippen LogP contribution in [0.15, 0.2) is 79.3 Å². The summed E-state index contributed by atoms with van der Waals surface area (Å²) in [5, 5.41) is 18.6. The van der Waals surface area contributed by atoms with E-state index in [0.29, 0.717) is 32.5 Å². The number of carbonyl (C=O) groups is 3. The van der Waals surface area contributed by atoms with Crippen molar-refractivity contribution in [3.8, 4) is 11.3 Å². The number of piperidine rings is 1. The number of hydrogen-bond acceptors (Lipinski definition) is 6. The molecular weight excluding hydrogens is 506 g/mol. The lowest BCUT2D eigenvalue weighted by Crippen LogP contribution is -2.63. The molecule has 2 aromatic carbocycles. The maximum absolute atomic E-state index is 13.3. The monoisotopic (exact) mass is 539 g/mol. The number of pyridine rings is 1. The van der Waals surface area contributed by atoms with E-state index in [0.717, 1.165) is 27.6 Å². The third kappa shape index (κ3) is 6.52. The van der Waals surface area contributed by atoms with Gasteiger partial charge in [-0.15, -0.1) is 0 Å². The molecule has 4 N–H and O–H groups in total. The minimum absolute atomic E-state index is 0.00700. The van der Waals surface area contributed by atoms with Crippen LogP contribution in [0.2, 0.25) is 0 Å². The van der Waals surface area contributed by atoms with Crippen LogP contribution < -0.4 is 21.3 Å². The fraction of sp³-hybridized carbons (Fsp3) is 0.300. The molecule has 0 bridgehead atoms. The molecule has 1 aliphatic rings. The second-order valence-electron chi connectivity index (χ2n) is 9.94. The SMILES string of the molecule is O=C(Cc1cccc2ccccc12)NCCNC(=O)C1(NC(=O)Cn2ccc(-c3cccnc3)n2)CCNCC1. The zero-order valence-electron chi connectivity index (χ0n) is 22.2. The van der Waals surface area contributed by atoms with Gasteiger partial charge in [-0.1, -0.05) is 42.5 Å². The van der Waals surface area contributed by atoms with E-state index in [9.17, 15) is 14.4 Å². The van der Waals surface area contributed by atoms with Crippen molar-refractivity contribution in [2.45, 2.75) is 31.3 Å². The van der Waals surface area contributed by atoms with E-state index in [4.69, 9.17) is 0 Å². The van der Waals surface area contributed by atoms with Gasteiger partial charge in [0.15, 0.2) is 0 Å². The summed E-state index contributed by atoms with van der Waals surface area (Å²) >= 11 is 0. The largest absolute Gasteiger partial charge is 0.354 e. The first-order valence-electron chi connectivity index (χ1n) is 13.5. The molecule has 0 aliphatic carbocycles. The molecule has 40 heavy (non-hydrogen) atoms. The van der Waals surface area contributed by atoms with Crippen LogP contribution in [0, 0.1) is 0 Å². The van der Waals surface area contributed by atoms with Crippen molar-refractivity contribution in [3.63, 3.8) is 0 Å². The van der Waals surface area contributed by atoms with Crippen LogP contribution in [0.1, 0.15) is 18.4 Å². The fourth-order valence-electron chi connectivity index (χ4n) is 5.06. The number of hydrogen-bond donors (Lipinski definition) is 4. The van der Waals surface area contributed by atoms with Crippen molar-refractivity contribution in [1.29, 1.82) is 0 Å². The molecule has 0 radical (unpaired) electrons. The molecule has 0 spiro atoms. The van der Waals surface area contributed by atoms with E-state index < -0.39 is 5.54 Å². The molecule has 0 unspecified atom stereocenters. The molecule has 206 valence electrons. The van der Waals surface area contributed by atoms with Crippen molar-refractivity contribution in [2.75, 3.05) is 26.2 Å². The lowest BCUT2D eigenvalue weighted by molar-refractivity contribution is -0.135. The maximum Gasteiger partial charge on any atom is 0.245 e. The van der Waals surface area contributed by atoms with Gasteiger partial charge in [0.1, 0.15) is 12.1 Å². The summed E-state index contributed by atoms with van der Waals surface area (Å²) < 4.78 is 1.55. The van der Waals surface area contributed by atoms with Crippen LogP contribution in [0.4, 0.5) is 0 Å². The first-order chi connectivity index (χ1) is 19.5. The smallest absolute Gasteiger partial charge is 0.245 e. The predicted octanol–water partition coefficient (Wildman–Crippen LogP) is 1.81. The van der Waals surface area contributed by atoms with Gasteiger partial charge in [0.2, 0.25) is 17.7 Å². The molecule has 1 fully saturated rings. The Morgan fingerprint density at radius 3 is 2.52 bits per heavy atom. The molecule has 0 saturated carbocycles. The highest BCUT2D eigenvalue weighted by molar-refractivity contribution is 5.92. The van der Waals surface area contributed by atoms with Crippen molar-refractivity contribution < 1.29 is 14.4 Å². The molecule has 4 aromatic rings. The van der Waals surface area contributed by atoms with E-state index in [2.05, 4.69) is 31.3 Å². The Kier molecular flexibility index (Phi) is 8.46. The van der Waals surface area contributed by atoms with Gasteiger partial charge in [0.05, 0.1) is 12.1 Å². The van der Waals surface area contributed by atoms with Crippen molar-refractivity contribution in [3.05, 3.63) is 84.8 Å². The van der Waals surface area contributed by atoms with Crippen molar-refractivity contribution in [1.82, 2.24) is 36.0 Å². The highest BCUT2D eigenvalue weighted by atomic mass is 16.2. The van der Waals surface area contributed by atoms with Crippen molar-refractivity contribution in [2.24, 2.45) is 0 Å². The summed E-state index contributed by atoms with van der Waals surface area (Å²) in [7, 11) is 0. The number of amides is 3. The van der Waals surface area contributed by atoms with Gasteiger partial charge in [0.25, 0.3) is 0 Å². The third-order valence-corrected chi connectivity index (χ3v) is 7.14. The van der Waals surface area contributed by atoms with Gasteiger partial charge in [0, 0.05) is 37.2 Å². The second-order valence-corrected chi connectivity index (χ2v) is 9.94. The predicted molar refractivity (Wildman–Crippen MR) is 152 cm³/mol. The number of aromatic nitrogens is 3. The molecule has 10 nitrogen and oxygen atoms in total. The van der Waals surface area contributed by atoms with Gasteiger partial charge < -0.3 is 21.3 Å². The standard InChI is InChI=1S/C30H33N7O3/c38-27(19-23-7-3-6-22-5-1-2-9-25(22)23)33-16-17-34-29(40)30(11-14-31-15-12-30)35-28(39)21-37-18-10-26(36-37)24-8-4-13-32-20-24/h1-10,13,18,20,31H,11-12,14-17,19,21H2,(H,33,38)(H,34,40)(H,35,39). The summed E-state index contributed by atoms with van der Waals surface area (Å²) in [6.07, 6.45) is 6.34. The van der Waals surface area contributed by atoms with Crippen LogP contribution in [-0.2, 0) is 27.3 Å². The lowest BCUT2D eigenvalue weighted by atomic mass is 9.87. The molecular formula is C30H33N7O3. The molecule has 10 heteroatoms. The zero-order chi connectivity index (χ0) is 27.8. The minimum atomic E-state index is -1.02. The number of nitrogens with zero attached hydrogens (tertiary/aromatic N) is 3. The molecule has 2 aromatic heterocycles. The van der Waals surface area contributed by atoms with Gasteiger partial charge in [-0.3, -0.25) is 24.0 Å². The average Bonchev–Trinajstić information content (AvgIpc) is 3.44. The summed E-state index contributed by atoms with van der Waals surface area (Å²) in [4.78, 5) is 42.9. The second kappa shape index (κ2) is 12.5. The van der Waals surface area contributed by atoms with Gasteiger partial charge in [-0.2, -0.15) is 5.10 Å². The molecule has 5 rings (SSSR count). The number of carbonyl (C=O) groups excluding carboxylic acids is 3. The van der Waals surface area contributed by atoms with E-state index in [1.165, 1.54) is 0 Å². The van der Waals surface area contributed by atoms with Gasteiger partial charge in [-0.25, -0.2) is 0 Å².